The van der Waals surface area contributed by atoms with Crippen molar-refractivity contribution in [2.75, 3.05) is 5.32 Å². The molecule has 0 aliphatic carbocycles. The second kappa shape index (κ2) is 3.00. The third-order valence-corrected chi connectivity index (χ3v) is 1.04. The molecule has 0 saturated heterocycles. The van der Waals surface area contributed by atoms with Crippen LogP contribution < -0.4 is 5.32 Å². The van der Waals surface area contributed by atoms with Crippen molar-refractivity contribution >= 4 is 12.1 Å². The molecule has 4 heteroatoms. The fourth-order valence-electron chi connectivity index (χ4n) is 0.592. The van der Waals surface area contributed by atoms with E-state index < -0.39 is 0 Å². The van der Waals surface area contributed by atoms with Crippen molar-refractivity contribution in [3.63, 3.8) is 0 Å². The van der Waals surface area contributed by atoms with E-state index in [1.54, 1.807) is 25.5 Å². The fourth-order valence-corrected chi connectivity index (χ4v) is 0.592. The Balaban J connectivity index is 2.47. The number of H-pyrrole nitrogens is 1. The van der Waals surface area contributed by atoms with Gasteiger partial charge in [0.1, 0.15) is 5.82 Å². The molecule has 1 aromatic rings. The highest BCUT2D eigenvalue weighted by Gasteiger charge is 1.99. The van der Waals surface area contributed by atoms with E-state index in [2.05, 4.69) is 15.5 Å². The predicted molar refractivity (Wildman–Crippen MR) is 37.4 cm³/mol. The van der Waals surface area contributed by atoms with Crippen LogP contribution in [0.5, 0.6) is 0 Å². The van der Waals surface area contributed by atoms with E-state index in [0.717, 1.165) is 0 Å². The Morgan fingerprint density at radius 1 is 1.90 bits per heavy atom. The van der Waals surface area contributed by atoms with E-state index in [0.29, 0.717) is 5.82 Å². The van der Waals surface area contributed by atoms with Crippen molar-refractivity contribution in [1.82, 2.24) is 10.2 Å². The number of anilines is 1. The molecule has 4 nitrogen and oxygen atoms in total. The molecule has 0 aromatic carbocycles. The Bertz CT molecular complexity index is 195. The van der Waals surface area contributed by atoms with Gasteiger partial charge in [-0.15, -0.1) is 0 Å². The summed E-state index contributed by atoms with van der Waals surface area (Å²) < 4.78 is 0. The third-order valence-electron chi connectivity index (χ3n) is 1.04. The van der Waals surface area contributed by atoms with E-state index in [-0.39, 0.29) is 6.04 Å². The van der Waals surface area contributed by atoms with Gasteiger partial charge in [0.2, 0.25) is 6.29 Å². The number of aromatic amines is 1. The maximum absolute atomic E-state index is 10.0. The molecular weight excluding hydrogens is 130 g/mol. The van der Waals surface area contributed by atoms with Crippen LogP contribution in [-0.4, -0.2) is 22.5 Å². The lowest BCUT2D eigenvalue weighted by Crippen LogP contribution is -2.16. The maximum atomic E-state index is 10.0. The SMILES string of the molecule is C[C@@H]([C]=O)Nc1cc[nH]n1. The molecule has 10 heavy (non-hydrogen) atoms. The molecule has 0 spiro atoms. The van der Waals surface area contributed by atoms with Crippen LogP contribution in [0, 0.1) is 0 Å². The van der Waals surface area contributed by atoms with Crippen molar-refractivity contribution < 1.29 is 4.79 Å². The molecule has 1 radical (unpaired) electrons. The number of nitrogens with one attached hydrogen (secondary N) is 2. The predicted octanol–water partition coefficient (Wildman–Crippen LogP) is 0.320. The van der Waals surface area contributed by atoms with Crippen molar-refractivity contribution in [2.45, 2.75) is 13.0 Å². The largest absolute Gasteiger partial charge is 0.359 e. The van der Waals surface area contributed by atoms with Gasteiger partial charge in [-0.2, -0.15) is 5.10 Å². The van der Waals surface area contributed by atoms with Gasteiger partial charge in [-0.25, -0.2) is 0 Å². The van der Waals surface area contributed by atoms with E-state index >= 15 is 0 Å². The fraction of sp³-hybridized carbons (Fsp3) is 0.333. The molecule has 0 bridgehead atoms. The normalized spacial score (nSPS) is 12.5. The third kappa shape index (κ3) is 1.58. The molecule has 0 aliphatic rings. The van der Waals surface area contributed by atoms with E-state index in [1.807, 2.05) is 0 Å². The van der Waals surface area contributed by atoms with Gasteiger partial charge >= 0.3 is 0 Å². The lowest BCUT2D eigenvalue weighted by atomic mass is 10.4. The zero-order chi connectivity index (χ0) is 7.40. The minimum absolute atomic E-state index is 0.303. The van der Waals surface area contributed by atoms with E-state index in [4.69, 9.17) is 0 Å². The Hall–Kier alpha value is -1.32. The summed E-state index contributed by atoms with van der Waals surface area (Å²) in [6, 6.07) is 1.44. The monoisotopic (exact) mass is 138 g/mol. The summed E-state index contributed by atoms with van der Waals surface area (Å²) in [6.45, 7) is 1.71. The average molecular weight is 138 g/mol. The van der Waals surface area contributed by atoms with Gasteiger partial charge in [-0.05, 0) is 13.0 Å². The van der Waals surface area contributed by atoms with Gasteiger partial charge in [-0.1, -0.05) is 0 Å². The zero-order valence-corrected chi connectivity index (χ0v) is 5.59. The second-order valence-electron chi connectivity index (χ2n) is 1.94. The Morgan fingerprint density at radius 2 is 2.70 bits per heavy atom. The molecule has 1 atom stereocenters. The van der Waals surface area contributed by atoms with Gasteiger partial charge in [0.25, 0.3) is 0 Å². The summed E-state index contributed by atoms with van der Waals surface area (Å²) in [7, 11) is 0. The van der Waals surface area contributed by atoms with Crippen molar-refractivity contribution in [1.29, 1.82) is 0 Å². The van der Waals surface area contributed by atoms with Crippen LogP contribution in [0.1, 0.15) is 6.92 Å². The van der Waals surface area contributed by atoms with E-state index in [9.17, 15) is 4.79 Å². The lowest BCUT2D eigenvalue weighted by Gasteiger charge is -2.01. The van der Waals surface area contributed by atoms with Crippen LogP contribution >= 0.6 is 0 Å². The van der Waals surface area contributed by atoms with Crippen LogP contribution in [0.3, 0.4) is 0 Å². The highest BCUT2D eigenvalue weighted by Crippen LogP contribution is 1.99. The first kappa shape index (κ1) is 6.80. The minimum atomic E-state index is -0.303. The number of hydrogen-bond donors (Lipinski definition) is 2. The molecule has 0 aliphatic heterocycles. The molecule has 1 rings (SSSR count). The summed E-state index contributed by atoms with van der Waals surface area (Å²) in [4.78, 5) is 10.0. The smallest absolute Gasteiger partial charge is 0.222 e. The summed E-state index contributed by atoms with van der Waals surface area (Å²) in [5.41, 5.74) is 0. The summed E-state index contributed by atoms with van der Waals surface area (Å²) >= 11 is 0. The molecule has 0 amide bonds. The van der Waals surface area contributed by atoms with Crippen molar-refractivity contribution in [3.8, 4) is 0 Å². The van der Waals surface area contributed by atoms with E-state index in [1.165, 1.54) is 0 Å². The quantitative estimate of drug-likeness (QED) is 0.632. The minimum Gasteiger partial charge on any atom is -0.359 e. The maximum Gasteiger partial charge on any atom is 0.222 e. The Labute approximate surface area is 58.6 Å². The van der Waals surface area contributed by atoms with Gasteiger partial charge in [0, 0.05) is 6.20 Å². The van der Waals surface area contributed by atoms with Gasteiger partial charge in [0.05, 0.1) is 6.04 Å². The van der Waals surface area contributed by atoms with Gasteiger partial charge < -0.3 is 5.32 Å². The van der Waals surface area contributed by atoms with Crippen LogP contribution in [0.25, 0.3) is 0 Å². The Morgan fingerprint density at radius 3 is 3.20 bits per heavy atom. The van der Waals surface area contributed by atoms with Gasteiger partial charge in [0.15, 0.2) is 0 Å². The second-order valence-corrected chi connectivity index (χ2v) is 1.94. The molecular formula is C6H8N3O. The highest BCUT2D eigenvalue weighted by molar-refractivity contribution is 5.62. The number of nitrogens with zero attached hydrogens (tertiary/aromatic N) is 1. The number of aromatic nitrogens is 2. The first-order valence-electron chi connectivity index (χ1n) is 2.97. The molecule has 2 N–H and O–H groups in total. The molecule has 0 unspecified atom stereocenters. The molecule has 1 heterocycles. The number of hydrogen-bond acceptors (Lipinski definition) is 3. The zero-order valence-electron chi connectivity index (χ0n) is 5.59. The molecule has 1 aromatic heterocycles. The lowest BCUT2D eigenvalue weighted by molar-refractivity contribution is 0.548. The first-order chi connectivity index (χ1) is 4.83. The van der Waals surface area contributed by atoms with Gasteiger partial charge in [-0.3, -0.25) is 9.89 Å². The van der Waals surface area contributed by atoms with Crippen LogP contribution in [-0.2, 0) is 4.79 Å². The first-order valence-corrected chi connectivity index (χ1v) is 2.97. The van der Waals surface area contributed by atoms with Crippen LogP contribution in [0.2, 0.25) is 0 Å². The average Bonchev–Trinajstić information content (AvgIpc) is 2.40. The molecule has 0 saturated carbocycles. The summed E-state index contributed by atoms with van der Waals surface area (Å²) in [6.07, 6.45) is 3.47. The number of rotatable bonds is 3. The molecule has 0 fully saturated rings. The van der Waals surface area contributed by atoms with Crippen LogP contribution in [0.15, 0.2) is 12.3 Å². The van der Waals surface area contributed by atoms with Crippen molar-refractivity contribution in [2.24, 2.45) is 0 Å². The highest BCUT2D eigenvalue weighted by atomic mass is 16.1. The van der Waals surface area contributed by atoms with Crippen molar-refractivity contribution in [3.05, 3.63) is 12.3 Å². The topological polar surface area (TPSA) is 57.8 Å². The number of carbonyl (C=O) groups excluding carboxylic acids is 1. The standard InChI is InChI=1S/C6H8N3O/c1-5(4-10)8-6-2-3-7-9-6/h2-3,5H,1H3,(H2,7,8,9)/t5-/m0/s1. The molecule has 53 valence electrons. The Kier molecular flexibility index (Phi) is 2.04. The summed E-state index contributed by atoms with van der Waals surface area (Å²) in [5, 5.41) is 9.21. The summed E-state index contributed by atoms with van der Waals surface area (Å²) in [5.74, 6) is 0.663. The van der Waals surface area contributed by atoms with Crippen LogP contribution in [0.4, 0.5) is 5.82 Å².